The Morgan fingerprint density at radius 2 is 1.93 bits per heavy atom. The van der Waals surface area contributed by atoms with Crippen LogP contribution in [0.3, 0.4) is 0 Å². The molecule has 0 aliphatic carbocycles. The van der Waals surface area contributed by atoms with Crippen molar-refractivity contribution < 1.29 is 19.4 Å². The van der Waals surface area contributed by atoms with Crippen molar-refractivity contribution in [2.45, 2.75) is 25.7 Å². The molecule has 27 heavy (non-hydrogen) atoms. The van der Waals surface area contributed by atoms with E-state index in [1.54, 1.807) is 24.3 Å². The van der Waals surface area contributed by atoms with Gasteiger partial charge >= 0.3 is 5.97 Å². The van der Waals surface area contributed by atoms with E-state index in [1.807, 2.05) is 11.0 Å². The highest BCUT2D eigenvalue weighted by molar-refractivity contribution is 5.94. The molecule has 1 heterocycles. The molecule has 0 spiro atoms. The summed E-state index contributed by atoms with van der Waals surface area (Å²) in [5.41, 5.74) is 1.88. The van der Waals surface area contributed by atoms with Crippen LogP contribution in [0.5, 0.6) is 5.75 Å². The number of hydrogen-bond donors (Lipinski definition) is 1. The monoisotopic (exact) mass is 367 g/mol. The van der Waals surface area contributed by atoms with Gasteiger partial charge in [0.05, 0.1) is 0 Å². The van der Waals surface area contributed by atoms with Crippen molar-refractivity contribution in [1.82, 2.24) is 4.90 Å². The van der Waals surface area contributed by atoms with Crippen LogP contribution in [0.15, 0.2) is 54.6 Å². The van der Waals surface area contributed by atoms with Crippen LogP contribution in [0.4, 0.5) is 0 Å². The number of carbonyl (C=O) groups is 2. The maximum atomic E-state index is 12.9. The molecule has 5 heteroatoms. The molecule has 2 aromatic rings. The molecule has 142 valence electrons. The number of amides is 1. The second-order valence-electron chi connectivity index (χ2n) is 6.94. The number of carboxylic acid groups (broad SMARTS) is 1. The van der Waals surface area contributed by atoms with Crippen LogP contribution in [-0.2, 0) is 4.79 Å². The van der Waals surface area contributed by atoms with Crippen LogP contribution in [-0.4, -0.2) is 41.6 Å². The third-order valence-electron chi connectivity index (χ3n) is 5.22. The lowest BCUT2D eigenvalue weighted by Crippen LogP contribution is -2.42. The number of carboxylic acids is 1. The maximum absolute atomic E-state index is 12.9. The number of nitrogens with zero attached hydrogens (tertiary/aromatic N) is 1. The Morgan fingerprint density at radius 3 is 2.63 bits per heavy atom. The molecule has 1 saturated heterocycles. The Kier molecular flexibility index (Phi) is 6.12. The van der Waals surface area contributed by atoms with Crippen LogP contribution in [0.1, 0.15) is 41.6 Å². The predicted molar refractivity (Wildman–Crippen MR) is 103 cm³/mol. The number of aliphatic carboxylic acids is 1. The molecule has 2 atom stereocenters. The fourth-order valence-electron chi connectivity index (χ4n) is 3.82. The molecule has 1 amide bonds. The molecule has 1 fully saturated rings. The van der Waals surface area contributed by atoms with Crippen LogP contribution in [0.2, 0.25) is 0 Å². The summed E-state index contributed by atoms with van der Waals surface area (Å²) in [6, 6.07) is 17.3. The van der Waals surface area contributed by atoms with E-state index in [9.17, 15) is 9.59 Å². The smallest absolute Gasteiger partial charge is 0.341 e. The Hall–Kier alpha value is -2.82. The fourth-order valence-corrected chi connectivity index (χ4v) is 3.82. The van der Waals surface area contributed by atoms with Crippen molar-refractivity contribution in [3.63, 3.8) is 0 Å². The van der Waals surface area contributed by atoms with Crippen LogP contribution in [0, 0.1) is 5.92 Å². The van der Waals surface area contributed by atoms with Gasteiger partial charge in [0.2, 0.25) is 0 Å². The molecule has 1 aliphatic heterocycles. The highest BCUT2D eigenvalue weighted by atomic mass is 16.5. The minimum Gasteiger partial charge on any atom is -0.482 e. The predicted octanol–water partition coefficient (Wildman–Crippen LogP) is 3.81. The first-order valence-corrected chi connectivity index (χ1v) is 9.37. The van der Waals surface area contributed by atoms with E-state index in [-0.39, 0.29) is 5.91 Å². The summed E-state index contributed by atoms with van der Waals surface area (Å²) < 4.78 is 5.19. The number of carbonyl (C=O) groups excluding carboxylic acids is 1. The first-order chi connectivity index (χ1) is 13.1. The third-order valence-corrected chi connectivity index (χ3v) is 5.22. The maximum Gasteiger partial charge on any atom is 0.341 e. The molecule has 1 N–H and O–H groups in total. The lowest BCUT2D eigenvalue weighted by molar-refractivity contribution is -0.139. The van der Waals surface area contributed by atoms with Crippen molar-refractivity contribution >= 4 is 11.9 Å². The van der Waals surface area contributed by atoms with Gasteiger partial charge in [-0.1, -0.05) is 49.7 Å². The zero-order chi connectivity index (χ0) is 19.2. The minimum absolute atomic E-state index is 0.0271. The van der Waals surface area contributed by atoms with Gasteiger partial charge in [-0.15, -0.1) is 0 Å². The Morgan fingerprint density at radius 1 is 1.15 bits per heavy atom. The molecule has 2 aromatic carbocycles. The zero-order valence-electron chi connectivity index (χ0n) is 15.5. The van der Waals surface area contributed by atoms with Crippen molar-refractivity contribution in [3.05, 3.63) is 65.7 Å². The van der Waals surface area contributed by atoms with Gasteiger partial charge in [0.1, 0.15) is 5.75 Å². The van der Waals surface area contributed by atoms with E-state index in [4.69, 9.17) is 9.84 Å². The summed E-state index contributed by atoms with van der Waals surface area (Å²) in [4.78, 5) is 25.5. The normalized spacial score (nSPS) is 19.5. The quantitative estimate of drug-likeness (QED) is 0.843. The topological polar surface area (TPSA) is 66.8 Å². The summed E-state index contributed by atoms with van der Waals surface area (Å²) >= 11 is 0. The van der Waals surface area contributed by atoms with E-state index in [2.05, 4.69) is 31.2 Å². The molecular weight excluding hydrogens is 342 g/mol. The lowest BCUT2D eigenvalue weighted by Gasteiger charge is -2.38. The van der Waals surface area contributed by atoms with Crippen molar-refractivity contribution in [2.75, 3.05) is 19.7 Å². The lowest BCUT2D eigenvalue weighted by atomic mass is 9.79. The van der Waals surface area contributed by atoms with E-state index < -0.39 is 12.6 Å². The van der Waals surface area contributed by atoms with E-state index in [0.29, 0.717) is 23.1 Å². The van der Waals surface area contributed by atoms with Gasteiger partial charge in [0.15, 0.2) is 6.61 Å². The summed E-state index contributed by atoms with van der Waals surface area (Å²) in [6.45, 7) is 3.21. The summed E-state index contributed by atoms with van der Waals surface area (Å²) in [6.07, 6.45) is 1.97. The summed E-state index contributed by atoms with van der Waals surface area (Å²) in [5.74, 6) is 0.234. The van der Waals surface area contributed by atoms with E-state index in [0.717, 1.165) is 25.9 Å². The van der Waals surface area contributed by atoms with Gasteiger partial charge in [0, 0.05) is 18.7 Å². The van der Waals surface area contributed by atoms with Crippen LogP contribution < -0.4 is 4.74 Å². The van der Waals surface area contributed by atoms with Gasteiger partial charge in [-0.2, -0.15) is 0 Å². The Labute approximate surface area is 159 Å². The minimum atomic E-state index is -1.04. The molecule has 0 radical (unpaired) electrons. The van der Waals surface area contributed by atoms with E-state index in [1.165, 1.54) is 5.56 Å². The first-order valence-electron chi connectivity index (χ1n) is 9.37. The van der Waals surface area contributed by atoms with Crippen LogP contribution >= 0.6 is 0 Å². The standard InChI is InChI=1S/C22H25NO4/c1-2-16-14-23(12-11-20(16)17-7-4-3-5-8-17)22(26)18-9-6-10-19(13-18)27-15-21(24)25/h3-10,13,16,20H,2,11-12,14-15H2,1H3,(H,24,25). The number of ether oxygens (including phenoxy) is 1. The molecular formula is C22H25NO4. The average molecular weight is 367 g/mol. The zero-order valence-corrected chi connectivity index (χ0v) is 15.5. The van der Waals surface area contributed by atoms with Gasteiger partial charge in [-0.25, -0.2) is 4.79 Å². The van der Waals surface area contributed by atoms with Crippen molar-refractivity contribution in [3.8, 4) is 5.75 Å². The van der Waals surface area contributed by atoms with Crippen LogP contribution in [0.25, 0.3) is 0 Å². The molecule has 0 bridgehead atoms. The van der Waals surface area contributed by atoms with Gasteiger partial charge in [-0.3, -0.25) is 4.79 Å². The van der Waals surface area contributed by atoms with Gasteiger partial charge in [-0.05, 0) is 42.0 Å². The Balaban J connectivity index is 1.69. The number of rotatable bonds is 6. The highest BCUT2D eigenvalue weighted by Crippen LogP contribution is 2.35. The largest absolute Gasteiger partial charge is 0.482 e. The second-order valence-corrected chi connectivity index (χ2v) is 6.94. The second kappa shape index (κ2) is 8.71. The molecule has 3 rings (SSSR count). The number of likely N-dealkylation sites (tertiary alicyclic amines) is 1. The van der Waals surface area contributed by atoms with Crippen molar-refractivity contribution in [1.29, 1.82) is 0 Å². The number of piperidine rings is 1. The molecule has 1 aliphatic rings. The third kappa shape index (κ3) is 4.67. The Bertz CT molecular complexity index is 790. The van der Waals surface area contributed by atoms with E-state index >= 15 is 0 Å². The molecule has 2 unspecified atom stereocenters. The van der Waals surface area contributed by atoms with Gasteiger partial charge < -0.3 is 14.7 Å². The highest BCUT2D eigenvalue weighted by Gasteiger charge is 2.31. The summed E-state index contributed by atoms with van der Waals surface area (Å²) in [5, 5.41) is 8.73. The number of benzene rings is 2. The fraction of sp³-hybridized carbons (Fsp3) is 0.364. The average Bonchev–Trinajstić information content (AvgIpc) is 2.72. The first kappa shape index (κ1) is 19.0. The molecule has 0 saturated carbocycles. The molecule has 0 aromatic heterocycles. The number of hydrogen-bond acceptors (Lipinski definition) is 3. The molecule has 5 nitrogen and oxygen atoms in total. The van der Waals surface area contributed by atoms with Gasteiger partial charge in [0.25, 0.3) is 5.91 Å². The van der Waals surface area contributed by atoms with Crippen molar-refractivity contribution in [2.24, 2.45) is 5.92 Å². The summed E-state index contributed by atoms with van der Waals surface area (Å²) in [7, 11) is 0. The SMILES string of the molecule is CCC1CN(C(=O)c2cccc(OCC(=O)O)c2)CCC1c1ccccc1.